The maximum Gasteiger partial charge on any atom is 0.323 e. The van der Waals surface area contributed by atoms with E-state index in [1.165, 1.54) is 0 Å². The average Bonchev–Trinajstić information content (AvgIpc) is 2.55. The number of anilines is 1. The third-order valence-corrected chi connectivity index (χ3v) is 2.91. The Morgan fingerprint density at radius 3 is 2.41 bits per heavy atom. The van der Waals surface area contributed by atoms with Crippen molar-refractivity contribution in [1.82, 2.24) is 5.32 Å². The Hall–Kier alpha value is -2.95. The first-order valence-electron chi connectivity index (χ1n) is 6.73. The molecule has 0 atom stereocenters. The summed E-state index contributed by atoms with van der Waals surface area (Å²) in [4.78, 5) is 11.8. The fourth-order valence-corrected chi connectivity index (χ4v) is 1.83. The third kappa shape index (κ3) is 4.56. The van der Waals surface area contributed by atoms with E-state index in [0.717, 1.165) is 11.3 Å². The van der Waals surface area contributed by atoms with Crippen LogP contribution in [0.15, 0.2) is 54.7 Å². The van der Waals surface area contributed by atoms with Gasteiger partial charge in [-0.25, -0.2) is 4.79 Å². The van der Waals surface area contributed by atoms with Gasteiger partial charge in [0.2, 0.25) is 0 Å². The van der Waals surface area contributed by atoms with Crippen LogP contribution in [0.4, 0.5) is 10.5 Å². The molecule has 0 unspecified atom stereocenters. The summed E-state index contributed by atoms with van der Waals surface area (Å²) in [6.07, 6.45) is 3.36. The van der Waals surface area contributed by atoms with Crippen molar-refractivity contribution in [1.29, 1.82) is 0 Å². The molecule has 2 aromatic carbocycles. The van der Waals surface area contributed by atoms with Crippen molar-refractivity contribution in [2.24, 2.45) is 0 Å². The molecule has 2 aromatic rings. The van der Waals surface area contributed by atoms with E-state index < -0.39 is 0 Å². The Bertz CT molecular complexity index is 668. The lowest BCUT2D eigenvalue weighted by Gasteiger charge is -2.06. The lowest BCUT2D eigenvalue weighted by Crippen LogP contribution is -2.23. The summed E-state index contributed by atoms with van der Waals surface area (Å²) in [5, 5.41) is 5.36. The van der Waals surface area contributed by atoms with E-state index in [1.54, 1.807) is 44.7 Å². The molecule has 5 heteroatoms. The van der Waals surface area contributed by atoms with Gasteiger partial charge in [0, 0.05) is 18.0 Å². The smallest absolute Gasteiger partial charge is 0.323 e. The second kappa shape index (κ2) is 7.73. The minimum atomic E-state index is -0.326. The molecule has 114 valence electrons. The van der Waals surface area contributed by atoms with Crippen molar-refractivity contribution in [2.75, 3.05) is 19.5 Å². The quantitative estimate of drug-likeness (QED) is 0.888. The van der Waals surface area contributed by atoms with Gasteiger partial charge in [-0.15, -0.1) is 0 Å². The number of urea groups is 1. The summed E-state index contributed by atoms with van der Waals surface area (Å²) < 4.78 is 10.2. The van der Waals surface area contributed by atoms with Crippen LogP contribution in [0, 0.1) is 0 Å². The predicted molar refractivity (Wildman–Crippen MR) is 87.2 cm³/mol. The fraction of sp³-hybridized carbons (Fsp3) is 0.118. The first kappa shape index (κ1) is 15.4. The number of carbonyl (C=O) groups is 1. The monoisotopic (exact) mass is 298 g/mol. The van der Waals surface area contributed by atoms with E-state index in [1.807, 2.05) is 30.3 Å². The van der Waals surface area contributed by atoms with Crippen LogP contribution in [0.3, 0.4) is 0 Å². The normalized spacial score (nSPS) is 10.3. The molecule has 5 nitrogen and oxygen atoms in total. The summed E-state index contributed by atoms with van der Waals surface area (Å²) in [5.41, 5.74) is 1.59. The highest BCUT2D eigenvalue weighted by Crippen LogP contribution is 2.16. The molecular formula is C17H18N2O3. The molecule has 0 radical (unpaired) electrons. The Morgan fingerprint density at radius 1 is 1.00 bits per heavy atom. The number of ether oxygens (including phenoxy) is 2. The number of hydrogen-bond donors (Lipinski definition) is 2. The van der Waals surface area contributed by atoms with Gasteiger partial charge >= 0.3 is 6.03 Å². The Kier molecular flexibility index (Phi) is 5.43. The van der Waals surface area contributed by atoms with Crippen molar-refractivity contribution in [3.63, 3.8) is 0 Å². The number of benzene rings is 2. The van der Waals surface area contributed by atoms with Crippen molar-refractivity contribution < 1.29 is 14.3 Å². The summed E-state index contributed by atoms with van der Waals surface area (Å²) >= 11 is 0. The van der Waals surface area contributed by atoms with E-state index in [9.17, 15) is 4.79 Å². The maximum absolute atomic E-state index is 11.8. The molecule has 0 aliphatic heterocycles. The second-order valence-corrected chi connectivity index (χ2v) is 4.44. The molecule has 0 bridgehead atoms. The van der Waals surface area contributed by atoms with Crippen LogP contribution in [0.2, 0.25) is 0 Å². The van der Waals surface area contributed by atoms with Gasteiger partial charge in [-0.3, -0.25) is 0 Å². The summed E-state index contributed by atoms with van der Waals surface area (Å²) in [7, 11) is 3.19. The SMILES string of the molecule is COc1cccc(/C=C/NC(=O)Nc2cccc(OC)c2)c1. The maximum atomic E-state index is 11.8. The van der Waals surface area contributed by atoms with Gasteiger partial charge in [0.15, 0.2) is 0 Å². The molecule has 2 amide bonds. The van der Waals surface area contributed by atoms with Crippen molar-refractivity contribution in [3.8, 4) is 11.5 Å². The third-order valence-electron chi connectivity index (χ3n) is 2.91. The molecule has 0 saturated heterocycles. The number of carbonyl (C=O) groups excluding carboxylic acids is 1. The first-order valence-corrected chi connectivity index (χ1v) is 6.73. The molecule has 2 N–H and O–H groups in total. The van der Waals surface area contributed by atoms with E-state index in [-0.39, 0.29) is 6.03 Å². The Balaban J connectivity index is 1.90. The minimum Gasteiger partial charge on any atom is -0.497 e. The van der Waals surface area contributed by atoms with E-state index in [2.05, 4.69) is 10.6 Å². The molecule has 0 aliphatic carbocycles. The number of rotatable bonds is 5. The molecule has 0 heterocycles. The van der Waals surface area contributed by atoms with Crippen LogP contribution in [0.1, 0.15) is 5.56 Å². The molecule has 0 saturated carbocycles. The lowest BCUT2D eigenvalue weighted by atomic mass is 10.2. The molecule has 0 aromatic heterocycles. The topological polar surface area (TPSA) is 59.6 Å². The number of methoxy groups -OCH3 is 2. The zero-order valence-electron chi connectivity index (χ0n) is 12.5. The highest BCUT2D eigenvalue weighted by atomic mass is 16.5. The summed E-state index contributed by atoms with van der Waals surface area (Å²) in [6, 6.07) is 14.4. The van der Waals surface area contributed by atoms with E-state index >= 15 is 0 Å². The lowest BCUT2D eigenvalue weighted by molar-refractivity contribution is 0.255. The number of hydrogen-bond acceptors (Lipinski definition) is 3. The highest BCUT2D eigenvalue weighted by molar-refractivity contribution is 5.90. The zero-order chi connectivity index (χ0) is 15.8. The van der Waals surface area contributed by atoms with Crippen LogP contribution in [0.5, 0.6) is 11.5 Å². The van der Waals surface area contributed by atoms with E-state index in [4.69, 9.17) is 9.47 Å². The van der Waals surface area contributed by atoms with Gasteiger partial charge in [-0.2, -0.15) is 0 Å². The van der Waals surface area contributed by atoms with Gasteiger partial charge in [0.25, 0.3) is 0 Å². The van der Waals surface area contributed by atoms with Crippen LogP contribution >= 0.6 is 0 Å². The average molecular weight is 298 g/mol. The summed E-state index contributed by atoms with van der Waals surface area (Å²) in [5.74, 6) is 1.45. The molecular weight excluding hydrogens is 280 g/mol. The molecule has 0 spiro atoms. The molecule has 2 rings (SSSR count). The number of amides is 2. The van der Waals surface area contributed by atoms with Crippen LogP contribution in [-0.4, -0.2) is 20.3 Å². The second-order valence-electron chi connectivity index (χ2n) is 4.44. The van der Waals surface area contributed by atoms with Crippen LogP contribution < -0.4 is 20.1 Å². The largest absolute Gasteiger partial charge is 0.497 e. The van der Waals surface area contributed by atoms with Gasteiger partial charge < -0.3 is 20.1 Å². The minimum absolute atomic E-state index is 0.326. The van der Waals surface area contributed by atoms with Crippen molar-refractivity contribution in [2.45, 2.75) is 0 Å². The molecule has 0 aliphatic rings. The van der Waals surface area contributed by atoms with Gasteiger partial charge in [0.05, 0.1) is 14.2 Å². The van der Waals surface area contributed by atoms with Crippen molar-refractivity contribution >= 4 is 17.8 Å². The van der Waals surface area contributed by atoms with Gasteiger partial charge in [-0.05, 0) is 35.9 Å². The Labute approximate surface area is 129 Å². The zero-order valence-corrected chi connectivity index (χ0v) is 12.5. The fourth-order valence-electron chi connectivity index (χ4n) is 1.83. The standard InChI is InChI=1S/C17H18N2O3/c1-21-15-7-3-5-13(11-15)9-10-18-17(20)19-14-6-4-8-16(12-14)22-2/h3-12H,1-2H3,(H2,18,19,20)/b10-9+. The highest BCUT2D eigenvalue weighted by Gasteiger charge is 2.00. The molecule has 0 fully saturated rings. The van der Waals surface area contributed by atoms with Gasteiger partial charge in [-0.1, -0.05) is 18.2 Å². The van der Waals surface area contributed by atoms with Gasteiger partial charge in [0.1, 0.15) is 11.5 Å². The summed E-state index contributed by atoms with van der Waals surface area (Å²) in [6.45, 7) is 0. The number of nitrogens with one attached hydrogen (secondary N) is 2. The first-order chi connectivity index (χ1) is 10.7. The van der Waals surface area contributed by atoms with Crippen LogP contribution in [0.25, 0.3) is 6.08 Å². The van der Waals surface area contributed by atoms with E-state index in [0.29, 0.717) is 11.4 Å². The molecule has 22 heavy (non-hydrogen) atoms. The van der Waals surface area contributed by atoms with Crippen molar-refractivity contribution in [3.05, 3.63) is 60.3 Å². The predicted octanol–water partition coefficient (Wildman–Crippen LogP) is 3.50. The Morgan fingerprint density at radius 2 is 1.68 bits per heavy atom. The van der Waals surface area contributed by atoms with Crippen LogP contribution in [-0.2, 0) is 0 Å².